The van der Waals surface area contributed by atoms with Crippen LogP contribution in [0.2, 0.25) is 0 Å². The lowest BCUT2D eigenvalue weighted by Crippen LogP contribution is -2.23. The molecule has 0 atom stereocenters. The first-order valence-corrected chi connectivity index (χ1v) is 11.2. The number of aryl methyl sites for hydroxylation is 2. The van der Waals surface area contributed by atoms with Crippen molar-refractivity contribution in [2.45, 2.75) is 39.8 Å². The Morgan fingerprint density at radius 2 is 1.88 bits per heavy atom. The van der Waals surface area contributed by atoms with Crippen LogP contribution in [-0.2, 0) is 13.1 Å². The summed E-state index contributed by atoms with van der Waals surface area (Å²) in [5, 5.41) is 15.7. The predicted octanol–water partition coefficient (Wildman–Crippen LogP) is 4.36. The third-order valence-electron chi connectivity index (χ3n) is 5.83. The van der Waals surface area contributed by atoms with Gasteiger partial charge in [-0.3, -0.25) is 14.5 Å². The number of hydrogen-bond donors (Lipinski definition) is 1. The van der Waals surface area contributed by atoms with Gasteiger partial charge in [0.2, 0.25) is 0 Å². The number of carbonyl (C=O) groups is 1. The molecule has 33 heavy (non-hydrogen) atoms. The summed E-state index contributed by atoms with van der Waals surface area (Å²) < 4.78 is 2.04. The average Bonchev–Trinajstić information content (AvgIpc) is 3.53. The predicted molar refractivity (Wildman–Crippen MR) is 126 cm³/mol. The highest BCUT2D eigenvalue weighted by Crippen LogP contribution is 2.33. The van der Waals surface area contributed by atoms with Gasteiger partial charge in [-0.25, -0.2) is 0 Å². The van der Waals surface area contributed by atoms with Crippen LogP contribution in [0.3, 0.4) is 0 Å². The lowest BCUT2D eigenvalue weighted by Gasteiger charge is -2.12. The molecule has 7 nitrogen and oxygen atoms in total. The van der Waals surface area contributed by atoms with E-state index in [-0.39, 0.29) is 5.91 Å². The van der Waals surface area contributed by atoms with E-state index in [0.717, 1.165) is 40.3 Å². The number of benzene rings is 1. The minimum atomic E-state index is -0.166. The van der Waals surface area contributed by atoms with Crippen molar-refractivity contribution >= 4 is 5.91 Å². The number of carbonyl (C=O) groups excluding carboxylic acids is 1. The zero-order valence-electron chi connectivity index (χ0n) is 18.8. The number of rotatable bonds is 7. The van der Waals surface area contributed by atoms with Gasteiger partial charge in [0, 0.05) is 35.6 Å². The molecule has 3 heterocycles. The topological polar surface area (TPSA) is 85.6 Å². The van der Waals surface area contributed by atoms with Gasteiger partial charge in [-0.1, -0.05) is 6.07 Å². The minimum absolute atomic E-state index is 0.166. The van der Waals surface area contributed by atoms with Crippen molar-refractivity contribution in [1.82, 2.24) is 30.3 Å². The normalized spacial score (nSPS) is 13.2. The van der Waals surface area contributed by atoms with Crippen molar-refractivity contribution in [1.29, 1.82) is 0 Å². The highest BCUT2D eigenvalue weighted by atomic mass is 16.1. The van der Waals surface area contributed by atoms with Crippen LogP contribution in [0.5, 0.6) is 0 Å². The smallest absolute Gasteiger partial charge is 0.251 e. The Kier molecular flexibility index (Phi) is 5.69. The fourth-order valence-corrected chi connectivity index (χ4v) is 3.76. The van der Waals surface area contributed by atoms with E-state index < -0.39 is 0 Å². The lowest BCUT2D eigenvalue weighted by molar-refractivity contribution is 0.0950. The van der Waals surface area contributed by atoms with Gasteiger partial charge in [0.25, 0.3) is 5.91 Å². The fraction of sp³-hybridized carbons (Fsp3) is 0.269. The summed E-state index contributed by atoms with van der Waals surface area (Å²) in [5.74, 6) is 0.532. The maximum absolute atomic E-state index is 13.1. The molecule has 0 radical (unpaired) electrons. The summed E-state index contributed by atoms with van der Waals surface area (Å²) in [5.41, 5.74) is 6.91. The van der Waals surface area contributed by atoms with Crippen molar-refractivity contribution in [2.75, 3.05) is 0 Å². The van der Waals surface area contributed by atoms with Crippen LogP contribution >= 0.6 is 0 Å². The molecule has 1 aliphatic rings. The summed E-state index contributed by atoms with van der Waals surface area (Å²) in [7, 11) is 0. The minimum Gasteiger partial charge on any atom is -0.346 e. The van der Waals surface area contributed by atoms with E-state index in [9.17, 15) is 4.79 Å². The molecule has 1 amide bonds. The average molecular weight is 439 g/mol. The van der Waals surface area contributed by atoms with Gasteiger partial charge in [0.15, 0.2) is 0 Å². The van der Waals surface area contributed by atoms with Crippen molar-refractivity contribution in [2.24, 2.45) is 5.92 Å². The number of hydrogen-bond acceptors (Lipinski definition) is 5. The molecule has 5 rings (SSSR count). The first-order valence-electron chi connectivity index (χ1n) is 11.2. The Labute approximate surface area is 192 Å². The van der Waals surface area contributed by atoms with Crippen molar-refractivity contribution in [3.8, 4) is 22.5 Å². The second-order valence-electron chi connectivity index (χ2n) is 8.71. The number of pyridine rings is 1. The number of aromatic nitrogens is 5. The molecule has 1 N–H and O–H groups in total. The number of nitrogens with zero attached hydrogens (tertiary/aromatic N) is 5. The summed E-state index contributed by atoms with van der Waals surface area (Å²) >= 11 is 0. The second kappa shape index (κ2) is 8.94. The van der Waals surface area contributed by atoms with Crippen LogP contribution in [0.25, 0.3) is 22.5 Å². The van der Waals surface area contributed by atoms with Crippen LogP contribution < -0.4 is 5.32 Å². The molecule has 7 heteroatoms. The van der Waals surface area contributed by atoms with Crippen molar-refractivity contribution < 1.29 is 4.79 Å². The van der Waals surface area contributed by atoms with Gasteiger partial charge in [0.1, 0.15) is 0 Å². The van der Waals surface area contributed by atoms with Gasteiger partial charge in [-0.05, 0) is 80.6 Å². The largest absolute Gasteiger partial charge is 0.346 e. The van der Waals surface area contributed by atoms with E-state index in [1.54, 1.807) is 0 Å². The molecule has 1 aromatic carbocycles. The maximum atomic E-state index is 13.1. The van der Waals surface area contributed by atoms with Gasteiger partial charge >= 0.3 is 0 Å². The Hall–Kier alpha value is -3.87. The molecule has 0 bridgehead atoms. The molecule has 0 aliphatic heterocycles. The van der Waals surface area contributed by atoms with E-state index >= 15 is 0 Å². The van der Waals surface area contributed by atoms with Crippen LogP contribution in [-0.4, -0.2) is 30.9 Å². The zero-order valence-corrected chi connectivity index (χ0v) is 18.8. The van der Waals surface area contributed by atoms with Crippen LogP contribution in [0.15, 0.2) is 60.9 Å². The molecule has 0 saturated heterocycles. The van der Waals surface area contributed by atoms with E-state index in [1.807, 2.05) is 73.4 Å². The van der Waals surface area contributed by atoms with E-state index in [4.69, 9.17) is 0 Å². The van der Waals surface area contributed by atoms with Crippen molar-refractivity contribution in [3.63, 3.8) is 0 Å². The van der Waals surface area contributed by atoms with E-state index in [0.29, 0.717) is 23.7 Å². The standard InChI is InChI=1S/C26H26N6O/c1-17-3-8-24(27-14-17)20-11-21(25-9-10-29-32(25)16-19-5-6-19)13-22(12-20)26(33)28-15-23-7-4-18(2)30-31-23/h3-4,7-14,19H,5-6,15-16H2,1-2H3,(H,28,33). The Morgan fingerprint density at radius 3 is 2.61 bits per heavy atom. The molecule has 166 valence electrons. The molecule has 3 aromatic heterocycles. The van der Waals surface area contributed by atoms with Crippen LogP contribution in [0.1, 0.15) is 40.2 Å². The zero-order chi connectivity index (χ0) is 22.8. The fourth-order valence-electron chi connectivity index (χ4n) is 3.76. The van der Waals surface area contributed by atoms with E-state index in [1.165, 1.54) is 12.8 Å². The van der Waals surface area contributed by atoms with Gasteiger partial charge in [-0.15, -0.1) is 0 Å². The Balaban J connectivity index is 1.48. The SMILES string of the molecule is Cc1ccc(-c2cc(C(=O)NCc3ccc(C)nn3)cc(-c3ccnn3CC3CC3)c2)nc1. The molecule has 1 aliphatic carbocycles. The number of amides is 1. The van der Waals surface area contributed by atoms with Crippen LogP contribution in [0, 0.1) is 19.8 Å². The molecule has 4 aromatic rings. The number of nitrogens with one attached hydrogen (secondary N) is 1. The summed E-state index contributed by atoms with van der Waals surface area (Å²) in [6.45, 7) is 5.11. The van der Waals surface area contributed by atoms with Gasteiger partial charge < -0.3 is 5.32 Å². The second-order valence-corrected chi connectivity index (χ2v) is 8.71. The van der Waals surface area contributed by atoms with Gasteiger partial charge in [0.05, 0.1) is 29.3 Å². The Bertz CT molecular complexity index is 1270. The highest BCUT2D eigenvalue weighted by molar-refractivity contribution is 5.97. The van der Waals surface area contributed by atoms with E-state index in [2.05, 4.69) is 31.7 Å². The lowest BCUT2D eigenvalue weighted by atomic mass is 10.00. The third kappa shape index (κ3) is 4.98. The first-order chi connectivity index (χ1) is 16.0. The highest BCUT2D eigenvalue weighted by Gasteiger charge is 2.23. The molecule has 1 saturated carbocycles. The first kappa shape index (κ1) is 21.0. The third-order valence-corrected chi connectivity index (χ3v) is 5.83. The van der Waals surface area contributed by atoms with Crippen LogP contribution in [0.4, 0.5) is 0 Å². The Morgan fingerprint density at radius 1 is 1.03 bits per heavy atom. The quantitative estimate of drug-likeness (QED) is 0.463. The molecule has 0 unspecified atom stereocenters. The summed E-state index contributed by atoms with van der Waals surface area (Å²) in [6.07, 6.45) is 6.17. The van der Waals surface area contributed by atoms with Gasteiger partial charge in [-0.2, -0.15) is 15.3 Å². The summed E-state index contributed by atoms with van der Waals surface area (Å²) in [6, 6.07) is 15.7. The monoisotopic (exact) mass is 438 g/mol. The van der Waals surface area contributed by atoms with Crippen molar-refractivity contribution in [3.05, 3.63) is 83.4 Å². The molecule has 1 fully saturated rings. The molecular formula is C26H26N6O. The molecular weight excluding hydrogens is 412 g/mol. The maximum Gasteiger partial charge on any atom is 0.251 e. The molecule has 0 spiro atoms. The summed E-state index contributed by atoms with van der Waals surface area (Å²) in [4.78, 5) is 17.7.